The van der Waals surface area contributed by atoms with Crippen LogP contribution in [-0.2, 0) is 24.8 Å². The number of hydrogen-bond acceptors (Lipinski definition) is 7. The highest BCUT2D eigenvalue weighted by Gasteiger charge is 2.35. The minimum absolute atomic E-state index is 0.00780. The molecule has 11 nitrogen and oxygen atoms in total. The quantitative estimate of drug-likeness (QED) is 0.483. The molecule has 1 fully saturated rings. The molecule has 196 valence electrons. The first-order valence-corrected chi connectivity index (χ1v) is 14.1. The maximum absolute atomic E-state index is 13.2. The molecule has 1 amide bonds. The van der Waals surface area contributed by atoms with Gasteiger partial charge in [-0.2, -0.15) is 9.03 Å². The summed E-state index contributed by atoms with van der Waals surface area (Å²) in [4.78, 5) is 25.6. The Morgan fingerprint density at radius 1 is 0.889 bits per heavy atom. The maximum atomic E-state index is 13.2. The molecule has 0 aromatic heterocycles. The predicted octanol–water partition coefficient (Wildman–Crippen LogP) is 1.23. The number of hydrogen-bond donors (Lipinski definition) is 2. The lowest BCUT2D eigenvalue weighted by Gasteiger charge is -2.36. The number of nitrogens with one attached hydrogen (secondary N) is 1. The number of carbonyl (C=O) groups excluding carboxylic acids is 1. The fraction of sp³-hybridized carbons (Fsp3) is 0.391. The Balaban J connectivity index is 1.69. The van der Waals surface area contributed by atoms with Crippen molar-refractivity contribution in [3.63, 3.8) is 0 Å². The molecule has 13 heteroatoms. The first kappa shape index (κ1) is 27.6. The van der Waals surface area contributed by atoms with Crippen molar-refractivity contribution < 1.29 is 36.3 Å². The lowest BCUT2D eigenvalue weighted by molar-refractivity contribution is -0.135. The lowest BCUT2D eigenvalue weighted by Crippen LogP contribution is -2.57. The van der Waals surface area contributed by atoms with Gasteiger partial charge in [-0.05, 0) is 54.4 Å². The van der Waals surface area contributed by atoms with Crippen molar-refractivity contribution in [1.82, 2.24) is 13.9 Å². The van der Waals surface area contributed by atoms with Gasteiger partial charge in [-0.25, -0.2) is 21.6 Å². The number of rotatable bonds is 9. The SMILES string of the molecule is COc1ccc(S(=O)(=O)N[C@H](C(=O)N2CCN(S(=O)(=O)c3ccc(C(=O)O)cc3)CC2)C(C)C)cc1. The molecule has 0 spiro atoms. The molecular formula is C23H29N3O8S2. The Bertz CT molecular complexity index is 1300. The summed E-state index contributed by atoms with van der Waals surface area (Å²) in [5.74, 6) is -1.46. The summed E-state index contributed by atoms with van der Waals surface area (Å²) in [5, 5.41) is 9.00. The van der Waals surface area contributed by atoms with Crippen LogP contribution in [0.25, 0.3) is 0 Å². The molecule has 1 aliphatic rings. The average molecular weight is 540 g/mol. The van der Waals surface area contributed by atoms with Crippen molar-refractivity contribution in [2.45, 2.75) is 29.7 Å². The fourth-order valence-electron chi connectivity index (χ4n) is 3.73. The highest BCUT2D eigenvalue weighted by Crippen LogP contribution is 2.21. The summed E-state index contributed by atoms with van der Waals surface area (Å²) in [6.07, 6.45) is 0. The van der Waals surface area contributed by atoms with E-state index >= 15 is 0 Å². The Morgan fingerprint density at radius 3 is 1.89 bits per heavy atom. The normalized spacial score (nSPS) is 16.1. The van der Waals surface area contributed by atoms with Crippen molar-refractivity contribution in [2.24, 2.45) is 5.92 Å². The molecule has 1 saturated heterocycles. The summed E-state index contributed by atoms with van der Waals surface area (Å²) in [6.45, 7) is 3.65. The monoisotopic (exact) mass is 539 g/mol. The van der Waals surface area contributed by atoms with Crippen LogP contribution in [0, 0.1) is 5.92 Å². The zero-order chi connectivity index (χ0) is 26.7. The maximum Gasteiger partial charge on any atom is 0.335 e. The zero-order valence-corrected chi connectivity index (χ0v) is 21.8. The molecule has 0 unspecified atom stereocenters. The van der Waals surface area contributed by atoms with Gasteiger partial charge >= 0.3 is 5.97 Å². The van der Waals surface area contributed by atoms with Gasteiger partial charge in [0.2, 0.25) is 26.0 Å². The zero-order valence-electron chi connectivity index (χ0n) is 20.1. The molecule has 0 saturated carbocycles. The second kappa shape index (κ2) is 10.9. The molecule has 0 aliphatic carbocycles. The van der Waals surface area contributed by atoms with Gasteiger partial charge in [0.05, 0.1) is 22.5 Å². The van der Waals surface area contributed by atoms with Gasteiger partial charge in [-0.1, -0.05) is 13.8 Å². The summed E-state index contributed by atoms with van der Waals surface area (Å²) in [5.41, 5.74) is -0.0267. The summed E-state index contributed by atoms with van der Waals surface area (Å²) < 4.78 is 60.4. The Kier molecular flexibility index (Phi) is 8.39. The van der Waals surface area contributed by atoms with Gasteiger partial charge < -0.3 is 14.7 Å². The second-order valence-corrected chi connectivity index (χ2v) is 12.2. The van der Waals surface area contributed by atoms with Crippen molar-refractivity contribution in [3.8, 4) is 5.75 Å². The van der Waals surface area contributed by atoms with E-state index in [1.165, 1.54) is 64.8 Å². The topological polar surface area (TPSA) is 150 Å². The van der Waals surface area contributed by atoms with Gasteiger partial charge in [-0.15, -0.1) is 0 Å². The van der Waals surface area contributed by atoms with Crippen LogP contribution in [0.2, 0.25) is 0 Å². The van der Waals surface area contributed by atoms with E-state index in [4.69, 9.17) is 9.84 Å². The van der Waals surface area contributed by atoms with Crippen molar-refractivity contribution in [3.05, 3.63) is 54.1 Å². The smallest absolute Gasteiger partial charge is 0.335 e. The lowest BCUT2D eigenvalue weighted by atomic mass is 10.0. The van der Waals surface area contributed by atoms with E-state index in [1.807, 2.05) is 0 Å². The number of carbonyl (C=O) groups is 2. The number of ether oxygens (including phenoxy) is 1. The molecule has 1 aliphatic heterocycles. The molecule has 1 atom stereocenters. The van der Waals surface area contributed by atoms with Crippen molar-refractivity contribution in [2.75, 3.05) is 33.3 Å². The molecule has 36 heavy (non-hydrogen) atoms. The number of aromatic carboxylic acids is 1. The first-order chi connectivity index (χ1) is 16.9. The third-order valence-electron chi connectivity index (χ3n) is 5.87. The number of sulfonamides is 2. The van der Waals surface area contributed by atoms with Crippen LogP contribution in [0.1, 0.15) is 24.2 Å². The standard InChI is InChI=1S/C23H29N3O8S2/c1-16(2)21(24-35(30,31)19-10-6-18(34-3)7-11-19)22(27)25-12-14-26(15-13-25)36(32,33)20-8-4-17(5-9-20)23(28)29/h4-11,16,21,24H,12-15H2,1-3H3,(H,28,29)/t21-/m0/s1. The highest BCUT2D eigenvalue weighted by atomic mass is 32.2. The molecule has 0 bridgehead atoms. The van der Waals surface area contributed by atoms with E-state index in [1.54, 1.807) is 13.8 Å². The average Bonchev–Trinajstić information content (AvgIpc) is 2.87. The van der Waals surface area contributed by atoms with Crippen molar-refractivity contribution in [1.29, 1.82) is 0 Å². The number of methoxy groups -OCH3 is 1. The highest BCUT2D eigenvalue weighted by molar-refractivity contribution is 7.89. The van der Waals surface area contributed by atoms with Crippen LogP contribution < -0.4 is 9.46 Å². The number of nitrogens with zero attached hydrogens (tertiary/aromatic N) is 2. The molecule has 2 aromatic carbocycles. The number of benzene rings is 2. The summed E-state index contributed by atoms with van der Waals surface area (Å²) in [6, 6.07) is 9.66. The number of carboxylic acid groups (broad SMARTS) is 1. The van der Waals surface area contributed by atoms with Gasteiger partial charge in [0.1, 0.15) is 11.8 Å². The number of amides is 1. The minimum atomic E-state index is -3.99. The van der Waals surface area contributed by atoms with E-state index in [0.29, 0.717) is 5.75 Å². The fourth-order valence-corrected chi connectivity index (χ4v) is 6.49. The number of piperazine rings is 1. The van der Waals surface area contributed by atoms with E-state index in [0.717, 1.165) is 0 Å². The summed E-state index contributed by atoms with van der Waals surface area (Å²) in [7, 11) is -6.41. The number of carboxylic acids is 1. The van der Waals surface area contributed by atoms with E-state index in [2.05, 4.69) is 4.72 Å². The Morgan fingerprint density at radius 2 is 1.42 bits per heavy atom. The molecule has 0 radical (unpaired) electrons. The van der Waals surface area contributed by atoms with Gasteiger partial charge in [0.25, 0.3) is 0 Å². The third-order valence-corrected chi connectivity index (χ3v) is 9.24. The van der Waals surface area contributed by atoms with Gasteiger partial charge in [0.15, 0.2) is 0 Å². The molecule has 3 rings (SSSR count). The van der Waals surface area contributed by atoms with Crippen LogP contribution in [0.15, 0.2) is 58.3 Å². The Labute approximate surface area is 210 Å². The molecule has 2 aromatic rings. The second-order valence-electron chi connectivity index (χ2n) is 8.58. The van der Waals surface area contributed by atoms with Crippen LogP contribution >= 0.6 is 0 Å². The van der Waals surface area contributed by atoms with Crippen LogP contribution in [0.3, 0.4) is 0 Å². The van der Waals surface area contributed by atoms with Crippen LogP contribution in [0.4, 0.5) is 0 Å². The molecule has 2 N–H and O–H groups in total. The molecule has 1 heterocycles. The first-order valence-electron chi connectivity index (χ1n) is 11.2. The predicted molar refractivity (Wildman–Crippen MR) is 131 cm³/mol. The van der Waals surface area contributed by atoms with Crippen LogP contribution in [0.5, 0.6) is 5.75 Å². The van der Waals surface area contributed by atoms with Gasteiger partial charge in [0, 0.05) is 26.2 Å². The van der Waals surface area contributed by atoms with Crippen molar-refractivity contribution >= 4 is 31.9 Å². The minimum Gasteiger partial charge on any atom is -0.497 e. The van der Waals surface area contributed by atoms with Gasteiger partial charge in [-0.3, -0.25) is 4.79 Å². The van der Waals surface area contributed by atoms with Crippen LogP contribution in [-0.4, -0.2) is 82.4 Å². The molecular weight excluding hydrogens is 510 g/mol. The largest absolute Gasteiger partial charge is 0.497 e. The van der Waals surface area contributed by atoms with E-state index < -0.39 is 38.0 Å². The third kappa shape index (κ3) is 6.03. The van der Waals surface area contributed by atoms with E-state index in [9.17, 15) is 26.4 Å². The summed E-state index contributed by atoms with van der Waals surface area (Å²) >= 11 is 0. The van der Waals surface area contributed by atoms with E-state index in [-0.39, 0.29) is 47.5 Å². The Hall–Kier alpha value is -3.00.